The SMILES string of the molecule is CC(C)CN1CC2(CCN(c3ncncc3N[C@@]3(CC4=CCCCC4OC(C)C)C#C[C@H](F)CC3)CC2)C1. The lowest BCUT2D eigenvalue weighted by atomic mass is 9.71. The van der Waals surface area contributed by atoms with E-state index in [4.69, 9.17) is 9.72 Å². The number of nitrogens with one attached hydrogen (secondary N) is 1. The van der Waals surface area contributed by atoms with E-state index in [-0.39, 0.29) is 12.2 Å². The molecule has 3 atom stereocenters. The smallest absolute Gasteiger partial charge is 0.160 e. The third kappa shape index (κ3) is 6.34. The van der Waals surface area contributed by atoms with Gasteiger partial charge in [0.15, 0.2) is 12.0 Å². The lowest BCUT2D eigenvalue weighted by molar-refractivity contribution is -0.0247. The fraction of sp³-hybridized carbons (Fsp3) is 0.742. The summed E-state index contributed by atoms with van der Waals surface area (Å²) in [5.74, 6) is 7.87. The molecule has 2 saturated heterocycles. The standard InChI is InChI=1S/C31H46FN5O/c1-23(2)19-36-20-30(21-36)13-15-37(16-14-30)29-27(18-33-22-34-29)35-31(11-9-26(32)10-12-31)17-25-7-5-6-8-28(25)38-24(3)4/h7,18,22-24,26,28,35H,5-6,8-9,11,13-17,19-21H2,1-4H3/t26-,28?,31-/m1/s1. The zero-order valence-corrected chi connectivity index (χ0v) is 23.8. The van der Waals surface area contributed by atoms with Gasteiger partial charge in [-0.25, -0.2) is 14.4 Å². The summed E-state index contributed by atoms with van der Waals surface area (Å²) in [6.45, 7) is 14.5. The molecule has 4 aliphatic rings. The van der Waals surface area contributed by atoms with Crippen LogP contribution in [-0.4, -0.2) is 71.5 Å². The summed E-state index contributed by atoms with van der Waals surface area (Å²) in [7, 11) is 0. The minimum atomic E-state index is -1.06. The highest BCUT2D eigenvalue weighted by molar-refractivity contribution is 5.67. The first-order valence-corrected chi connectivity index (χ1v) is 14.8. The second-order valence-corrected chi connectivity index (χ2v) is 12.9. The van der Waals surface area contributed by atoms with Crippen LogP contribution in [0.2, 0.25) is 0 Å². The Morgan fingerprint density at radius 1 is 1.16 bits per heavy atom. The van der Waals surface area contributed by atoms with Gasteiger partial charge in [-0.15, -0.1) is 0 Å². The van der Waals surface area contributed by atoms with Crippen molar-refractivity contribution in [2.45, 2.75) is 103 Å². The molecule has 0 aromatic carbocycles. The van der Waals surface area contributed by atoms with Crippen LogP contribution in [0.1, 0.15) is 79.1 Å². The van der Waals surface area contributed by atoms with Gasteiger partial charge in [0.1, 0.15) is 11.9 Å². The van der Waals surface area contributed by atoms with Gasteiger partial charge in [0.2, 0.25) is 0 Å². The largest absolute Gasteiger partial charge is 0.371 e. The van der Waals surface area contributed by atoms with Gasteiger partial charge in [-0.1, -0.05) is 31.8 Å². The number of alkyl halides is 1. The third-order valence-electron chi connectivity index (χ3n) is 8.66. The van der Waals surface area contributed by atoms with Crippen molar-refractivity contribution in [2.75, 3.05) is 42.9 Å². The Morgan fingerprint density at radius 3 is 2.63 bits per heavy atom. The van der Waals surface area contributed by atoms with Crippen molar-refractivity contribution < 1.29 is 9.13 Å². The number of halogens is 1. The first-order chi connectivity index (χ1) is 18.2. The monoisotopic (exact) mass is 523 g/mol. The van der Waals surface area contributed by atoms with E-state index >= 15 is 0 Å². The highest BCUT2D eigenvalue weighted by Gasteiger charge is 2.45. The van der Waals surface area contributed by atoms with Gasteiger partial charge in [-0.05, 0) is 75.7 Å². The Bertz CT molecular complexity index is 1050. The van der Waals surface area contributed by atoms with Crippen LogP contribution in [0.25, 0.3) is 0 Å². The molecule has 3 heterocycles. The van der Waals surface area contributed by atoms with Gasteiger partial charge in [-0.2, -0.15) is 0 Å². The molecule has 2 aliphatic heterocycles. The molecule has 1 aromatic rings. The van der Waals surface area contributed by atoms with Crippen LogP contribution in [0.4, 0.5) is 15.9 Å². The van der Waals surface area contributed by atoms with Gasteiger partial charge in [0.25, 0.3) is 0 Å². The van der Waals surface area contributed by atoms with Gasteiger partial charge in [0.05, 0.1) is 24.1 Å². The second-order valence-electron chi connectivity index (χ2n) is 12.9. The number of likely N-dealkylation sites (tertiary alicyclic amines) is 1. The molecule has 6 nitrogen and oxygen atoms in total. The van der Waals surface area contributed by atoms with Crippen molar-refractivity contribution in [2.24, 2.45) is 11.3 Å². The summed E-state index contributed by atoms with van der Waals surface area (Å²) in [4.78, 5) is 14.1. The molecule has 38 heavy (non-hydrogen) atoms. The van der Waals surface area contributed by atoms with E-state index in [0.717, 1.165) is 56.2 Å². The minimum Gasteiger partial charge on any atom is -0.371 e. The zero-order chi connectivity index (χ0) is 26.8. The van der Waals surface area contributed by atoms with Crippen LogP contribution in [0.5, 0.6) is 0 Å². The molecule has 208 valence electrons. The quantitative estimate of drug-likeness (QED) is 0.335. The van der Waals surface area contributed by atoms with Crippen LogP contribution in [0.15, 0.2) is 24.2 Å². The summed E-state index contributed by atoms with van der Waals surface area (Å²) in [6, 6.07) is 0. The number of nitrogens with zero attached hydrogens (tertiary/aromatic N) is 4. The molecule has 1 N–H and O–H groups in total. The number of hydrogen-bond donors (Lipinski definition) is 1. The number of rotatable bonds is 9. The Morgan fingerprint density at radius 2 is 1.95 bits per heavy atom. The lowest BCUT2D eigenvalue weighted by Crippen LogP contribution is -2.61. The number of ether oxygens (including phenoxy) is 1. The van der Waals surface area contributed by atoms with Crippen molar-refractivity contribution in [3.8, 4) is 11.8 Å². The van der Waals surface area contributed by atoms with Crippen LogP contribution in [0, 0.1) is 23.2 Å². The first kappa shape index (κ1) is 27.4. The summed E-state index contributed by atoms with van der Waals surface area (Å²) < 4.78 is 20.5. The minimum absolute atomic E-state index is 0.106. The predicted molar refractivity (Wildman–Crippen MR) is 152 cm³/mol. The van der Waals surface area contributed by atoms with Gasteiger partial charge in [-0.3, -0.25) is 0 Å². The summed E-state index contributed by atoms with van der Waals surface area (Å²) in [5.41, 5.74) is 2.12. The Hall–Kier alpha value is -2.17. The molecule has 2 aliphatic carbocycles. The summed E-state index contributed by atoms with van der Waals surface area (Å²) >= 11 is 0. The van der Waals surface area contributed by atoms with Crippen LogP contribution >= 0.6 is 0 Å². The van der Waals surface area contributed by atoms with E-state index in [1.54, 1.807) is 6.33 Å². The molecule has 0 saturated carbocycles. The second kappa shape index (κ2) is 11.5. The molecular weight excluding hydrogens is 477 g/mol. The Kier molecular flexibility index (Phi) is 8.30. The zero-order valence-electron chi connectivity index (χ0n) is 23.8. The first-order valence-electron chi connectivity index (χ1n) is 14.8. The molecule has 1 spiro atoms. The summed E-state index contributed by atoms with van der Waals surface area (Å²) in [5, 5.41) is 3.77. The topological polar surface area (TPSA) is 53.5 Å². The maximum Gasteiger partial charge on any atom is 0.160 e. The van der Waals surface area contributed by atoms with E-state index in [2.05, 4.69) is 65.7 Å². The molecule has 1 aromatic heterocycles. The average Bonchev–Trinajstić information content (AvgIpc) is 2.86. The van der Waals surface area contributed by atoms with Crippen molar-refractivity contribution in [3.05, 3.63) is 24.2 Å². The Labute approximate surface area is 228 Å². The summed E-state index contributed by atoms with van der Waals surface area (Å²) in [6.07, 6.45) is 12.5. The average molecular weight is 524 g/mol. The third-order valence-corrected chi connectivity index (χ3v) is 8.66. The molecular formula is C31H46FN5O. The fourth-order valence-electron chi connectivity index (χ4n) is 6.90. The van der Waals surface area contributed by atoms with Crippen molar-refractivity contribution in [1.29, 1.82) is 0 Å². The lowest BCUT2D eigenvalue weighted by Gasteiger charge is -2.55. The molecule has 0 bridgehead atoms. The van der Waals surface area contributed by atoms with E-state index in [0.29, 0.717) is 18.3 Å². The number of allylic oxidation sites excluding steroid dienone is 1. The van der Waals surface area contributed by atoms with E-state index in [1.165, 1.54) is 38.0 Å². The van der Waals surface area contributed by atoms with Gasteiger partial charge in [0, 0.05) is 39.1 Å². The van der Waals surface area contributed by atoms with Crippen LogP contribution in [-0.2, 0) is 4.74 Å². The maximum atomic E-state index is 14.2. The van der Waals surface area contributed by atoms with Crippen LogP contribution < -0.4 is 10.2 Å². The fourth-order valence-corrected chi connectivity index (χ4v) is 6.90. The highest BCUT2D eigenvalue weighted by Crippen LogP contribution is 2.43. The van der Waals surface area contributed by atoms with Crippen molar-refractivity contribution in [1.82, 2.24) is 14.9 Å². The van der Waals surface area contributed by atoms with Crippen molar-refractivity contribution >= 4 is 11.5 Å². The number of anilines is 2. The van der Waals surface area contributed by atoms with Crippen molar-refractivity contribution in [3.63, 3.8) is 0 Å². The van der Waals surface area contributed by atoms with Gasteiger partial charge < -0.3 is 19.9 Å². The molecule has 7 heteroatoms. The maximum absolute atomic E-state index is 14.2. The van der Waals surface area contributed by atoms with E-state index in [9.17, 15) is 4.39 Å². The molecule has 0 amide bonds. The number of piperidine rings is 1. The van der Waals surface area contributed by atoms with E-state index < -0.39 is 11.7 Å². The predicted octanol–water partition coefficient (Wildman–Crippen LogP) is 5.61. The van der Waals surface area contributed by atoms with Crippen LogP contribution in [0.3, 0.4) is 0 Å². The molecule has 1 unspecified atom stereocenters. The number of hydrogen-bond acceptors (Lipinski definition) is 6. The highest BCUT2D eigenvalue weighted by atomic mass is 19.1. The molecule has 2 fully saturated rings. The molecule has 0 radical (unpaired) electrons. The number of aromatic nitrogens is 2. The van der Waals surface area contributed by atoms with E-state index in [1.807, 2.05) is 6.20 Å². The normalized spacial score (nSPS) is 29.1. The Balaban J connectivity index is 1.31. The van der Waals surface area contributed by atoms with Gasteiger partial charge >= 0.3 is 0 Å². The molecule has 5 rings (SSSR count).